The lowest BCUT2D eigenvalue weighted by Gasteiger charge is -2.07. The summed E-state index contributed by atoms with van der Waals surface area (Å²) in [6.07, 6.45) is 1.46. The van der Waals surface area contributed by atoms with E-state index < -0.39 is 11.9 Å². The average molecular weight is 277 g/mol. The number of thiazole rings is 1. The number of anilines is 2. The molecule has 0 saturated carbocycles. The van der Waals surface area contributed by atoms with Crippen LogP contribution in [0, 0.1) is 0 Å². The maximum atomic E-state index is 12.0. The molecule has 2 rings (SSSR count). The Bertz CT molecular complexity index is 624. The molecule has 0 bridgehead atoms. The fraction of sp³-hybridized carbons (Fsp3) is 0.0833. The number of rotatable bonds is 3. The zero-order valence-corrected chi connectivity index (χ0v) is 10.9. The van der Waals surface area contributed by atoms with Crippen LogP contribution in [0.3, 0.4) is 0 Å². The van der Waals surface area contributed by atoms with Gasteiger partial charge < -0.3 is 10.5 Å². The van der Waals surface area contributed by atoms with Gasteiger partial charge in [-0.3, -0.25) is 14.9 Å². The van der Waals surface area contributed by atoms with Gasteiger partial charge in [0, 0.05) is 6.92 Å². The molecule has 0 aliphatic carbocycles. The summed E-state index contributed by atoms with van der Waals surface area (Å²) in [5, 5.41) is 3.48. The molecule has 6 nitrogen and oxygen atoms in total. The van der Waals surface area contributed by atoms with Crippen LogP contribution in [0.4, 0.5) is 10.1 Å². The number of ether oxygens (including phenoxy) is 1. The standard InChI is InChI=1S/C12H11N3O3S/c1-7(16)18-9-5-3-2-4-8(9)11(17)15-12-14-6-10(13)19-12/h2-6H,13H2,1H3,(H,14,15,17). The van der Waals surface area contributed by atoms with Crippen molar-refractivity contribution in [1.82, 2.24) is 4.98 Å². The monoisotopic (exact) mass is 277 g/mol. The number of amides is 1. The van der Waals surface area contributed by atoms with Crippen molar-refractivity contribution in [3.8, 4) is 5.75 Å². The van der Waals surface area contributed by atoms with Crippen LogP contribution in [0.5, 0.6) is 5.75 Å². The minimum Gasteiger partial charge on any atom is -0.426 e. The summed E-state index contributed by atoms with van der Waals surface area (Å²) >= 11 is 1.16. The molecule has 0 radical (unpaired) electrons. The van der Waals surface area contributed by atoms with Crippen LogP contribution in [-0.4, -0.2) is 16.9 Å². The predicted octanol–water partition coefficient (Wildman–Crippen LogP) is 1.90. The van der Waals surface area contributed by atoms with Crippen LogP contribution in [0.25, 0.3) is 0 Å². The zero-order chi connectivity index (χ0) is 13.8. The van der Waals surface area contributed by atoms with E-state index in [4.69, 9.17) is 10.5 Å². The van der Waals surface area contributed by atoms with Gasteiger partial charge in [0.25, 0.3) is 5.91 Å². The highest BCUT2D eigenvalue weighted by Crippen LogP contribution is 2.23. The zero-order valence-electron chi connectivity index (χ0n) is 10.0. The number of nitrogens with zero attached hydrogens (tertiary/aromatic N) is 1. The first kappa shape index (κ1) is 13.0. The highest BCUT2D eigenvalue weighted by Gasteiger charge is 2.14. The van der Waals surface area contributed by atoms with Gasteiger partial charge in [0.15, 0.2) is 5.13 Å². The van der Waals surface area contributed by atoms with Crippen molar-refractivity contribution in [3.63, 3.8) is 0 Å². The van der Waals surface area contributed by atoms with Crippen molar-refractivity contribution in [2.24, 2.45) is 0 Å². The van der Waals surface area contributed by atoms with Gasteiger partial charge in [-0.25, -0.2) is 4.98 Å². The van der Waals surface area contributed by atoms with Crippen molar-refractivity contribution in [1.29, 1.82) is 0 Å². The number of hydrogen-bond donors (Lipinski definition) is 2. The molecule has 7 heteroatoms. The van der Waals surface area contributed by atoms with E-state index in [1.807, 2.05) is 0 Å². The molecule has 1 amide bonds. The fourth-order valence-electron chi connectivity index (χ4n) is 1.41. The molecular formula is C12H11N3O3S. The van der Waals surface area contributed by atoms with Crippen LogP contribution in [0.2, 0.25) is 0 Å². The van der Waals surface area contributed by atoms with E-state index in [2.05, 4.69) is 10.3 Å². The summed E-state index contributed by atoms with van der Waals surface area (Å²) in [5.74, 6) is -0.693. The Morgan fingerprint density at radius 2 is 2.11 bits per heavy atom. The summed E-state index contributed by atoms with van der Waals surface area (Å²) in [6, 6.07) is 6.46. The van der Waals surface area contributed by atoms with Gasteiger partial charge >= 0.3 is 5.97 Å². The van der Waals surface area contributed by atoms with Gasteiger partial charge in [-0.2, -0.15) is 0 Å². The number of esters is 1. The molecular weight excluding hydrogens is 266 g/mol. The Morgan fingerprint density at radius 1 is 1.37 bits per heavy atom. The lowest BCUT2D eigenvalue weighted by molar-refractivity contribution is -0.131. The molecule has 3 N–H and O–H groups in total. The first-order valence-electron chi connectivity index (χ1n) is 5.36. The largest absolute Gasteiger partial charge is 0.426 e. The summed E-state index contributed by atoms with van der Waals surface area (Å²) in [5.41, 5.74) is 5.78. The molecule has 0 atom stereocenters. The van der Waals surface area contributed by atoms with Gasteiger partial charge in [-0.1, -0.05) is 23.5 Å². The van der Waals surface area contributed by atoms with Gasteiger partial charge in [0.2, 0.25) is 0 Å². The van der Waals surface area contributed by atoms with Crippen molar-refractivity contribution >= 4 is 33.3 Å². The molecule has 1 aromatic heterocycles. The molecule has 0 spiro atoms. The molecule has 1 aromatic carbocycles. The maximum absolute atomic E-state index is 12.0. The Labute approximate surface area is 113 Å². The predicted molar refractivity (Wildman–Crippen MR) is 72.2 cm³/mol. The Hall–Kier alpha value is -2.41. The first-order valence-corrected chi connectivity index (χ1v) is 6.18. The van der Waals surface area contributed by atoms with E-state index in [0.29, 0.717) is 10.1 Å². The Balaban J connectivity index is 2.21. The van der Waals surface area contributed by atoms with Gasteiger partial charge in [0.05, 0.1) is 11.8 Å². The highest BCUT2D eigenvalue weighted by atomic mass is 32.1. The normalized spacial score (nSPS) is 9.95. The van der Waals surface area contributed by atoms with Crippen molar-refractivity contribution in [2.75, 3.05) is 11.1 Å². The summed E-state index contributed by atoms with van der Waals surface area (Å²) in [4.78, 5) is 26.9. The third kappa shape index (κ3) is 3.29. The number of aromatic nitrogens is 1. The number of nitrogen functional groups attached to an aromatic ring is 1. The number of para-hydroxylation sites is 1. The van der Waals surface area contributed by atoms with E-state index >= 15 is 0 Å². The van der Waals surface area contributed by atoms with Gasteiger partial charge in [0.1, 0.15) is 10.8 Å². The van der Waals surface area contributed by atoms with E-state index in [1.165, 1.54) is 13.1 Å². The molecule has 2 aromatic rings. The minimum absolute atomic E-state index is 0.206. The van der Waals surface area contributed by atoms with E-state index in [1.54, 1.807) is 24.3 Å². The number of benzene rings is 1. The summed E-state index contributed by atoms with van der Waals surface area (Å²) < 4.78 is 4.97. The molecule has 0 aliphatic heterocycles. The van der Waals surface area contributed by atoms with Crippen molar-refractivity contribution < 1.29 is 14.3 Å². The number of nitrogens with one attached hydrogen (secondary N) is 1. The molecule has 98 valence electrons. The SMILES string of the molecule is CC(=O)Oc1ccccc1C(=O)Nc1ncc(N)s1. The first-order chi connectivity index (χ1) is 9.06. The quantitative estimate of drug-likeness (QED) is 0.660. The summed E-state index contributed by atoms with van der Waals surface area (Å²) in [7, 11) is 0. The van der Waals surface area contributed by atoms with E-state index in [9.17, 15) is 9.59 Å². The number of carbonyl (C=O) groups excluding carboxylic acids is 2. The molecule has 19 heavy (non-hydrogen) atoms. The van der Waals surface area contributed by atoms with E-state index in [-0.39, 0.29) is 11.3 Å². The smallest absolute Gasteiger partial charge is 0.308 e. The fourth-order valence-corrected chi connectivity index (χ4v) is 1.98. The van der Waals surface area contributed by atoms with Crippen LogP contribution in [-0.2, 0) is 4.79 Å². The molecule has 0 fully saturated rings. The highest BCUT2D eigenvalue weighted by molar-refractivity contribution is 7.19. The Kier molecular flexibility index (Phi) is 3.76. The second kappa shape index (κ2) is 5.49. The average Bonchev–Trinajstić information content (AvgIpc) is 2.74. The van der Waals surface area contributed by atoms with Gasteiger partial charge in [-0.05, 0) is 12.1 Å². The molecule has 0 saturated heterocycles. The van der Waals surface area contributed by atoms with Crippen molar-refractivity contribution in [2.45, 2.75) is 6.92 Å². The molecule has 0 aliphatic rings. The second-order valence-corrected chi connectivity index (χ2v) is 4.67. The molecule has 0 unspecified atom stereocenters. The number of hydrogen-bond acceptors (Lipinski definition) is 6. The van der Waals surface area contributed by atoms with Crippen LogP contribution in [0.15, 0.2) is 30.5 Å². The summed E-state index contributed by atoms with van der Waals surface area (Å²) in [6.45, 7) is 1.27. The maximum Gasteiger partial charge on any atom is 0.308 e. The lowest BCUT2D eigenvalue weighted by Crippen LogP contribution is -2.14. The van der Waals surface area contributed by atoms with E-state index in [0.717, 1.165) is 11.3 Å². The third-order valence-corrected chi connectivity index (χ3v) is 2.87. The third-order valence-electron chi connectivity index (χ3n) is 2.13. The van der Waals surface area contributed by atoms with Crippen LogP contribution >= 0.6 is 11.3 Å². The second-order valence-electron chi connectivity index (χ2n) is 3.61. The topological polar surface area (TPSA) is 94.3 Å². The minimum atomic E-state index is -0.487. The van der Waals surface area contributed by atoms with Crippen LogP contribution < -0.4 is 15.8 Å². The molecule has 1 heterocycles. The van der Waals surface area contributed by atoms with Gasteiger partial charge in [-0.15, -0.1) is 0 Å². The number of carbonyl (C=O) groups is 2. The lowest BCUT2D eigenvalue weighted by atomic mass is 10.2. The van der Waals surface area contributed by atoms with Crippen LogP contribution in [0.1, 0.15) is 17.3 Å². The Morgan fingerprint density at radius 3 is 2.74 bits per heavy atom. The number of nitrogens with two attached hydrogens (primary N) is 1. The van der Waals surface area contributed by atoms with Crippen molar-refractivity contribution in [3.05, 3.63) is 36.0 Å².